The topological polar surface area (TPSA) is 98.5 Å². The van der Waals surface area contributed by atoms with Gasteiger partial charge in [-0.15, -0.1) is 16.4 Å². The summed E-state index contributed by atoms with van der Waals surface area (Å²) in [5, 5.41) is 7.00. The molecule has 0 unspecified atom stereocenters. The van der Waals surface area contributed by atoms with Gasteiger partial charge in [0.15, 0.2) is 0 Å². The predicted octanol–water partition coefficient (Wildman–Crippen LogP) is 4.52. The van der Waals surface area contributed by atoms with E-state index in [2.05, 4.69) is 20.4 Å². The number of aryl methyl sites for hydroxylation is 2. The van der Waals surface area contributed by atoms with Gasteiger partial charge in [0.1, 0.15) is 10.7 Å². The maximum Gasteiger partial charge on any atom is 0.341 e. The summed E-state index contributed by atoms with van der Waals surface area (Å²) >= 11 is 1.33. The van der Waals surface area contributed by atoms with Crippen LogP contribution in [0.2, 0.25) is 0 Å². The lowest BCUT2D eigenvalue weighted by molar-refractivity contribution is 0.0335. The zero-order valence-electron chi connectivity index (χ0n) is 17.9. The van der Waals surface area contributed by atoms with Crippen LogP contribution in [0.25, 0.3) is 5.78 Å². The Bertz CT molecular complexity index is 1190. The zero-order chi connectivity index (χ0) is 23.0. The molecule has 11 heteroatoms. The van der Waals surface area contributed by atoms with E-state index in [0.717, 1.165) is 40.6 Å². The Hall–Kier alpha value is -2.95. The van der Waals surface area contributed by atoms with Crippen LogP contribution in [0, 0.1) is 6.92 Å². The van der Waals surface area contributed by atoms with Crippen molar-refractivity contribution in [2.75, 3.05) is 5.32 Å². The molecule has 1 aliphatic rings. The molecular formula is C21H23F2N5O3S. The number of hydrogen-bond donors (Lipinski definition) is 1. The molecule has 1 aliphatic carbocycles. The second-order valence-corrected chi connectivity index (χ2v) is 8.87. The SMILES string of the molecule is CC[C@H](C)OC(=O)c1c(NC(=O)c2nc3nc(C)cc(C(F)F)n3n2)sc2c1CCCC2. The van der Waals surface area contributed by atoms with Crippen molar-refractivity contribution in [2.24, 2.45) is 0 Å². The van der Waals surface area contributed by atoms with Crippen molar-refractivity contribution < 1.29 is 23.1 Å². The van der Waals surface area contributed by atoms with E-state index >= 15 is 0 Å². The van der Waals surface area contributed by atoms with Crippen LogP contribution >= 0.6 is 11.3 Å². The molecule has 0 radical (unpaired) electrons. The average Bonchev–Trinajstić information content (AvgIpc) is 3.33. The molecule has 0 saturated carbocycles. The molecule has 32 heavy (non-hydrogen) atoms. The molecule has 0 spiro atoms. The van der Waals surface area contributed by atoms with Crippen molar-refractivity contribution in [3.05, 3.63) is 39.3 Å². The molecule has 8 nitrogen and oxygen atoms in total. The Morgan fingerprint density at radius 2 is 2.03 bits per heavy atom. The molecule has 0 aliphatic heterocycles. The van der Waals surface area contributed by atoms with Crippen LogP contribution in [-0.2, 0) is 17.6 Å². The number of esters is 1. The third-order valence-corrected chi connectivity index (χ3v) is 6.59. The summed E-state index contributed by atoms with van der Waals surface area (Å²) < 4.78 is 33.1. The number of alkyl halides is 2. The minimum absolute atomic E-state index is 0.0904. The molecular weight excluding hydrogens is 440 g/mol. The summed E-state index contributed by atoms with van der Waals surface area (Å²) in [6, 6.07) is 1.20. The summed E-state index contributed by atoms with van der Waals surface area (Å²) in [5.74, 6) is -1.58. The van der Waals surface area contributed by atoms with Gasteiger partial charge >= 0.3 is 5.97 Å². The molecule has 0 saturated heterocycles. The fraction of sp³-hybridized carbons (Fsp3) is 0.476. The lowest BCUT2D eigenvalue weighted by Crippen LogP contribution is -2.19. The molecule has 0 aromatic carbocycles. The predicted molar refractivity (Wildman–Crippen MR) is 115 cm³/mol. The smallest absolute Gasteiger partial charge is 0.341 e. The minimum atomic E-state index is -2.80. The van der Waals surface area contributed by atoms with Gasteiger partial charge in [-0.2, -0.15) is 9.50 Å². The zero-order valence-corrected chi connectivity index (χ0v) is 18.8. The number of nitrogens with zero attached hydrogens (tertiary/aromatic N) is 4. The molecule has 4 rings (SSSR count). The van der Waals surface area contributed by atoms with E-state index in [-0.39, 0.29) is 17.7 Å². The molecule has 1 atom stereocenters. The Morgan fingerprint density at radius 3 is 2.75 bits per heavy atom. The van der Waals surface area contributed by atoms with Gasteiger partial charge in [-0.05, 0) is 57.6 Å². The quantitative estimate of drug-likeness (QED) is 0.540. The lowest BCUT2D eigenvalue weighted by Gasteiger charge is -2.15. The fourth-order valence-corrected chi connectivity index (χ4v) is 4.89. The number of thiophene rings is 1. The third kappa shape index (κ3) is 4.21. The van der Waals surface area contributed by atoms with Gasteiger partial charge in [-0.25, -0.2) is 18.6 Å². The average molecular weight is 464 g/mol. The Morgan fingerprint density at radius 1 is 1.28 bits per heavy atom. The van der Waals surface area contributed by atoms with E-state index in [1.54, 1.807) is 6.92 Å². The number of fused-ring (bicyclic) bond motifs is 2. The molecule has 170 valence electrons. The lowest BCUT2D eigenvalue weighted by atomic mass is 9.95. The molecule has 1 N–H and O–H groups in total. The van der Waals surface area contributed by atoms with Crippen molar-refractivity contribution in [3.63, 3.8) is 0 Å². The van der Waals surface area contributed by atoms with Crippen LogP contribution < -0.4 is 5.32 Å². The number of ether oxygens (including phenoxy) is 1. The van der Waals surface area contributed by atoms with Gasteiger partial charge in [0.25, 0.3) is 18.1 Å². The molecule has 3 heterocycles. The van der Waals surface area contributed by atoms with Crippen LogP contribution in [0.3, 0.4) is 0 Å². The molecule has 0 bridgehead atoms. The van der Waals surface area contributed by atoms with Crippen molar-refractivity contribution >= 4 is 34.0 Å². The number of halogens is 2. The number of amides is 1. The Balaban J connectivity index is 1.68. The molecule has 0 fully saturated rings. The number of hydrogen-bond acceptors (Lipinski definition) is 7. The highest BCUT2D eigenvalue weighted by Gasteiger charge is 2.29. The third-order valence-electron chi connectivity index (χ3n) is 5.38. The van der Waals surface area contributed by atoms with Crippen molar-refractivity contribution in [3.8, 4) is 0 Å². The van der Waals surface area contributed by atoms with Gasteiger partial charge in [0, 0.05) is 10.6 Å². The summed E-state index contributed by atoms with van der Waals surface area (Å²) in [6.45, 7) is 5.29. The maximum absolute atomic E-state index is 13.4. The number of carbonyl (C=O) groups excluding carboxylic acids is 2. The summed E-state index contributed by atoms with van der Waals surface area (Å²) in [5.41, 5.74) is 1.21. The molecule has 3 aromatic heterocycles. The van der Waals surface area contributed by atoms with Gasteiger partial charge in [-0.1, -0.05) is 6.92 Å². The molecule has 3 aromatic rings. The van der Waals surface area contributed by atoms with E-state index in [4.69, 9.17) is 4.74 Å². The number of rotatable bonds is 6. The summed E-state index contributed by atoms with van der Waals surface area (Å²) in [4.78, 5) is 34.9. The van der Waals surface area contributed by atoms with E-state index in [0.29, 0.717) is 22.7 Å². The Kier molecular flexibility index (Phi) is 6.18. The van der Waals surface area contributed by atoms with Crippen LogP contribution in [0.5, 0.6) is 0 Å². The van der Waals surface area contributed by atoms with Crippen molar-refractivity contribution in [1.82, 2.24) is 19.6 Å². The number of anilines is 1. The first-order valence-corrected chi connectivity index (χ1v) is 11.3. The van der Waals surface area contributed by atoms with Crippen LogP contribution in [-0.4, -0.2) is 37.6 Å². The largest absolute Gasteiger partial charge is 0.459 e. The first kappa shape index (κ1) is 22.3. The highest BCUT2D eigenvalue weighted by atomic mass is 32.1. The van der Waals surface area contributed by atoms with E-state index < -0.39 is 24.0 Å². The second-order valence-electron chi connectivity index (χ2n) is 7.76. The highest BCUT2D eigenvalue weighted by Crippen LogP contribution is 2.39. The normalized spacial score (nSPS) is 14.4. The van der Waals surface area contributed by atoms with E-state index in [1.807, 2.05) is 13.8 Å². The number of nitrogens with one attached hydrogen (secondary N) is 1. The molecule has 1 amide bonds. The van der Waals surface area contributed by atoms with Crippen molar-refractivity contribution in [2.45, 2.75) is 65.4 Å². The van der Waals surface area contributed by atoms with Crippen LogP contribution in [0.4, 0.5) is 13.8 Å². The van der Waals surface area contributed by atoms with Gasteiger partial charge in [0.2, 0.25) is 5.82 Å². The first-order chi connectivity index (χ1) is 15.3. The highest BCUT2D eigenvalue weighted by molar-refractivity contribution is 7.17. The second kappa shape index (κ2) is 8.89. The van der Waals surface area contributed by atoms with E-state index in [9.17, 15) is 18.4 Å². The first-order valence-electron chi connectivity index (χ1n) is 10.5. The Labute approximate surface area is 187 Å². The standard InChI is InChI=1S/C21H23F2N5O3S/c1-4-11(3)31-20(30)15-12-7-5-6-8-14(12)32-19(15)26-18(29)17-25-21-24-10(2)9-13(16(22)23)28(21)27-17/h9,11,16H,4-8H2,1-3H3,(H,26,29)/t11-/m0/s1. The minimum Gasteiger partial charge on any atom is -0.459 e. The van der Waals surface area contributed by atoms with Crippen molar-refractivity contribution in [1.29, 1.82) is 0 Å². The van der Waals surface area contributed by atoms with Gasteiger partial charge in [0.05, 0.1) is 11.7 Å². The number of aromatic nitrogens is 4. The fourth-order valence-electron chi connectivity index (χ4n) is 3.62. The van der Waals surface area contributed by atoms with Gasteiger partial charge < -0.3 is 10.1 Å². The van der Waals surface area contributed by atoms with Crippen LogP contribution in [0.1, 0.15) is 82.3 Å². The summed E-state index contributed by atoms with van der Waals surface area (Å²) in [6.07, 6.45) is 1.14. The summed E-state index contributed by atoms with van der Waals surface area (Å²) in [7, 11) is 0. The maximum atomic E-state index is 13.4. The van der Waals surface area contributed by atoms with Gasteiger partial charge in [-0.3, -0.25) is 4.79 Å². The number of carbonyl (C=O) groups is 2. The van der Waals surface area contributed by atoms with Crippen LogP contribution in [0.15, 0.2) is 6.07 Å². The monoisotopic (exact) mass is 463 g/mol. The van der Waals surface area contributed by atoms with E-state index in [1.165, 1.54) is 17.4 Å².